The molecule has 1 aliphatic rings. The minimum atomic E-state index is -0.907. The van der Waals surface area contributed by atoms with Gasteiger partial charge in [-0.2, -0.15) is 0 Å². The van der Waals surface area contributed by atoms with Crippen LogP contribution in [0.25, 0.3) is 0 Å². The van der Waals surface area contributed by atoms with Crippen LogP contribution in [0.4, 0.5) is 0 Å². The minimum Gasteiger partial charge on any atom is -0.496 e. The van der Waals surface area contributed by atoms with Gasteiger partial charge in [-0.15, -0.1) is 11.8 Å². The lowest BCUT2D eigenvalue weighted by Gasteiger charge is -2.21. The van der Waals surface area contributed by atoms with Gasteiger partial charge in [0.1, 0.15) is 11.8 Å². The fourth-order valence-corrected chi connectivity index (χ4v) is 3.38. The highest BCUT2D eigenvalue weighted by Gasteiger charge is 2.33. The van der Waals surface area contributed by atoms with Crippen LogP contribution in [0.3, 0.4) is 0 Å². The fourth-order valence-electron chi connectivity index (χ4n) is 2.48. The third kappa shape index (κ3) is 3.91. The van der Waals surface area contributed by atoms with Crippen LogP contribution in [0.1, 0.15) is 18.4 Å². The number of carboxylic acid groups (broad SMARTS) is 1. The second-order valence-corrected chi connectivity index (χ2v) is 5.87. The van der Waals surface area contributed by atoms with E-state index in [1.165, 1.54) is 16.7 Å². The summed E-state index contributed by atoms with van der Waals surface area (Å²) in [6, 6.07) is 7.04. The molecule has 5 nitrogen and oxygen atoms in total. The largest absolute Gasteiger partial charge is 0.496 e. The number of carbonyl (C=O) groups excluding carboxylic acids is 1. The SMILES string of the molecule is COc1ccccc1CSCC(=O)N1CCC[C@H]1C(=O)O. The zero-order valence-electron chi connectivity index (χ0n) is 11.9. The van der Waals surface area contributed by atoms with Gasteiger partial charge in [0, 0.05) is 17.9 Å². The Balaban J connectivity index is 1.85. The zero-order chi connectivity index (χ0) is 15.2. The molecule has 0 unspecified atom stereocenters. The number of likely N-dealkylation sites (tertiary alicyclic amines) is 1. The van der Waals surface area contributed by atoms with E-state index in [2.05, 4.69) is 0 Å². The molecule has 1 N–H and O–H groups in total. The molecule has 114 valence electrons. The van der Waals surface area contributed by atoms with E-state index in [1.807, 2.05) is 24.3 Å². The Bertz CT molecular complexity index is 520. The number of para-hydroxylation sites is 1. The van der Waals surface area contributed by atoms with Crippen LogP contribution in [0.5, 0.6) is 5.75 Å². The molecule has 1 fully saturated rings. The molecule has 0 spiro atoms. The molecule has 21 heavy (non-hydrogen) atoms. The fraction of sp³-hybridized carbons (Fsp3) is 0.467. The molecule has 1 atom stereocenters. The van der Waals surface area contributed by atoms with E-state index in [0.717, 1.165) is 17.7 Å². The lowest BCUT2D eigenvalue weighted by atomic mass is 10.2. The summed E-state index contributed by atoms with van der Waals surface area (Å²) < 4.78 is 5.26. The first-order valence-corrected chi connectivity index (χ1v) is 8.01. The third-order valence-corrected chi connectivity index (χ3v) is 4.50. The van der Waals surface area contributed by atoms with Crippen molar-refractivity contribution in [3.05, 3.63) is 29.8 Å². The second-order valence-electron chi connectivity index (χ2n) is 4.89. The number of carboxylic acids is 1. The summed E-state index contributed by atoms with van der Waals surface area (Å²) in [5.74, 6) is 0.765. The molecule has 0 saturated carbocycles. The van der Waals surface area contributed by atoms with Gasteiger partial charge in [0.25, 0.3) is 0 Å². The average Bonchev–Trinajstić information content (AvgIpc) is 2.97. The molecule has 0 bridgehead atoms. The first kappa shape index (κ1) is 15.7. The maximum Gasteiger partial charge on any atom is 0.326 e. The standard InChI is InChI=1S/C15H19NO4S/c1-20-13-7-3-2-5-11(13)9-21-10-14(17)16-8-4-6-12(16)15(18)19/h2-3,5,7,12H,4,6,8-10H2,1H3,(H,18,19)/t12-/m0/s1. The van der Waals surface area contributed by atoms with Crippen molar-refractivity contribution in [2.75, 3.05) is 19.4 Å². The Morgan fingerprint density at radius 3 is 2.90 bits per heavy atom. The molecule has 0 radical (unpaired) electrons. The maximum absolute atomic E-state index is 12.1. The van der Waals surface area contributed by atoms with Crippen LogP contribution < -0.4 is 4.74 Å². The number of ether oxygens (including phenoxy) is 1. The van der Waals surface area contributed by atoms with Crippen molar-refractivity contribution in [2.45, 2.75) is 24.6 Å². The summed E-state index contributed by atoms with van der Waals surface area (Å²) in [6.07, 6.45) is 1.32. The third-order valence-electron chi connectivity index (χ3n) is 3.53. The van der Waals surface area contributed by atoms with Gasteiger partial charge in [0.05, 0.1) is 12.9 Å². The molecule has 1 saturated heterocycles. The second kappa shape index (κ2) is 7.36. The van der Waals surface area contributed by atoms with Gasteiger partial charge in [0.15, 0.2) is 0 Å². The summed E-state index contributed by atoms with van der Waals surface area (Å²) in [5.41, 5.74) is 1.04. The van der Waals surface area contributed by atoms with E-state index >= 15 is 0 Å². The van der Waals surface area contributed by atoms with Gasteiger partial charge in [0.2, 0.25) is 5.91 Å². The van der Waals surface area contributed by atoms with Crippen LogP contribution in [-0.4, -0.2) is 47.3 Å². The summed E-state index contributed by atoms with van der Waals surface area (Å²) in [5, 5.41) is 9.09. The maximum atomic E-state index is 12.1. The van der Waals surface area contributed by atoms with Crippen molar-refractivity contribution in [1.29, 1.82) is 0 Å². The molecule has 1 aliphatic heterocycles. The van der Waals surface area contributed by atoms with E-state index < -0.39 is 12.0 Å². The van der Waals surface area contributed by atoms with E-state index in [1.54, 1.807) is 7.11 Å². The van der Waals surface area contributed by atoms with Gasteiger partial charge in [-0.05, 0) is 18.9 Å². The highest BCUT2D eigenvalue weighted by molar-refractivity contribution is 7.99. The Morgan fingerprint density at radius 1 is 1.43 bits per heavy atom. The van der Waals surface area contributed by atoms with Crippen molar-refractivity contribution in [3.8, 4) is 5.75 Å². The number of hydrogen-bond donors (Lipinski definition) is 1. The molecule has 1 aromatic carbocycles. The Morgan fingerprint density at radius 2 is 2.19 bits per heavy atom. The Kier molecular flexibility index (Phi) is 5.50. The van der Waals surface area contributed by atoms with Crippen LogP contribution in [0.2, 0.25) is 0 Å². The molecule has 1 heterocycles. The van der Waals surface area contributed by atoms with Crippen LogP contribution >= 0.6 is 11.8 Å². The number of benzene rings is 1. The molecular formula is C15H19NO4S. The summed E-state index contributed by atoms with van der Waals surface area (Å²) in [6.45, 7) is 0.547. The smallest absolute Gasteiger partial charge is 0.326 e. The van der Waals surface area contributed by atoms with Crippen LogP contribution in [-0.2, 0) is 15.3 Å². The monoisotopic (exact) mass is 309 g/mol. The number of amides is 1. The summed E-state index contributed by atoms with van der Waals surface area (Å²) in [4.78, 5) is 24.7. The molecule has 0 aromatic heterocycles. The molecule has 1 aromatic rings. The van der Waals surface area contributed by atoms with Crippen molar-refractivity contribution in [1.82, 2.24) is 4.90 Å². The van der Waals surface area contributed by atoms with Crippen molar-refractivity contribution in [3.63, 3.8) is 0 Å². The number of hydrogen-bond acceptors (Lipinski definition) is 4. The van der Waals surface area contributed by atoms with E-state index in [0.29, 0.717) is 24.5 Å². The number of carbonyl (C=O) groups is 2. The number of nitrogens with zero attached hydrogens (tertiary/aromatic N) is 1. The number of thioether (sulfide) groups is 1. The first-order chi connectivity index (χ1) is 10.1. The van der Waals surface area contributed by atoms with Crippen molar-refractivity contribution in [2.24, 2.45) is 0 Å². The number of aliphatic carboxylic acids is 1. The zero-order valence-corrected chi connectivity index (χ0v) is 12.8. The van der Waals surface area contributed by atoms with Gasteiger partial charge < -0.3 is 14.7 Å². The Labute approximate surface area is 128 Å². The first-order valence-electron chi connectivity index (χ1n) is 6.85. The lowest BCUT2D eigenvalue weighted by molar-refractivity contribution is -0.147. The minimum absolute atomic E-state index is 0.0974. The molecule has 2 rings (SSSR count). The normalized spacial score (nSPS) is 17.8. The van der Waals surface area contributed by atoms with E-state index in [-0.39, 0.29) is 5.91 Å². The quantitative estimate of drug-likeness (QED) is 0.870. The van der Waals surface area contributed by atoms with Crippen LogP contribution in [0.15, 0.2) is 24.3 Å². The topological polar surface area (TPSA) is 66.8 Å². The molecule has 6 heteroatoms. The summed E-state index contributed by atoms with van der Waals surface area (Å²) >= 11 is 1.48. The number of rotatable bonds is 6. The predicted molar refractivity (Wildman–Crippen MR) is 81.5 cm³/mol. The van der Waals surface area contributed by atoms with E-state index in [4.69, 9.17) is 9.84 Å². The van der Waals surface area contributed by atoms with E-state index in [9.17, 15) is 9.59 Å². The lowest BCUT2D eigenvalue weighted by Crippen LogP contribution is -2.41. The highest BCUT2D eigenvalue weighted by atomic mass is 32.2. The average molecular weight is 309 g/mol. The van der Waals surface area contributed by atoms with Crippen LogP contribution in [0, 0.1) is 0 Å². The molecule has 0 aliphatic carbocycles. The van der Waals surface area contributed by atoms with Gasteiger partial charge in [-0.1, -0.05) is 18.2 Å². The molecule has 1 amide bonds. The molecular weight excluding hydrogens is 290 g/mol. The van der Waals surface area contributed by atoms with Gasteiger partial charge in [-0.25, -0.2) is 4.79 Å². The number of methoxy groups -OCH3 is 1. The summed E-state index contributed by atoms with van der Waals surface area (Å²) in [7, 11) is 1.62. The predicted octanol–water partition coefficient (Wildman–Crippen LogP) is 2.00. The van der Waals surface area contributed by atoms with Gasteiger partial charge in [-0.3, -0.25) is 4.79 Å². The van der Waals surface area contributed by atoms with Crippen molar-refractivity contribution < 1.29 is 19.4 Å². The highest BCUT2D eigenvalue weighted by Crippen LogP contribution is 2.24. The van der Waals surface area contributed by atoms with Crippen molar-refractivity contribution >= 4 is 23.6 Å². The Hall–Kier alpha value is -1.69. The van der Waals surface area contributed by atoms with Gasteiger partial charge >= 0.3 is 5.97 Å².